The van der Waals surface area contributed by atoms with E-state index in [9.17, 15) is 14.4 Å². The molecule has 2 heterocycles. The van der Waals surface area contributed by atoms with E-state index in [-0.39, 0.29) is 29.1 Å². The Morgan fingerprint density at radius 3 is 2.85 bits per heavy atom. The second-order valence-electron chi connectivity index (χ2n) is 7.90. The maximum absolute atomic E-state index is 12.8. The summed E-state index contributed by atoms with van der Waals surface area (Å²) in [4.78, 5) is 38.4. The average molecular weight is 355 g/mol. The number of benzene rings is 1. The number of likely N-dealkylation sites (tertiary alicyclic amines) is 1. The molecule has 2 aliphatic carbocycles. The molecule has 0 unspecified atom stereocenters. The molecule has 1 spiro atoms. The van der Waals surface area contributed by atoms with E-state index >= 15 is 0 Å². The lowest BCUT2D eigenvalue weighted by atomic mass is 9.51. The molecule has 2 aliphatic heterocycles. The van der Waals surface area contributed by atoms with E-state index in [2.05, 4.69) is 0 Å². The van der Waals surface area contributed by atoms with Gasteiger partial charge in [-0.2, -0.15) is 0 Å². The van der Waals surface area contributed by atoms with Gasteiger partial charge in [0.25, 0.3) is 0 Å². The topological polar surface area (TPSA) is 72.9 Å². The van der Waals surface area contributed by atoms with Gasteiger partial charge in [0, 0.05) is 38.4 Å². The molecule has 1 aromatic rings. The SMILES string of the molecule is CC(=O)Oc1ccc2c3c1O[C@H]1C(=O)CC[C@H]4[C@@H](C2)N(C(C)=O)CC[C@]314. The van der Waals surface area contributed by atoms with Crippen LogP contribution in [0.1, 0.15) is 44.2 Å². The second kappa shape index (κ2) is 5.09. The number of amides is 1. The van der Waals surface area contributed by atoms with Crippen LogP contribution in [0.25, 0.3) is 0 Å². The first-order valence-corrected chi connectivity index (χ1v) is 9.25. The van der Waals surface area contributed by atoms with Gasteiger partial charge >= 0.3 is 5.97 Å². The van der Waals surface area contributed by atoms with Gasteiger partial charge in [-0.3, -0.25) is 14.4 Å². The molecule has 0 radical (unpaired) electrons. The van der Waals surface area contributed by atoms with Crippen LogP contribution >= 0.6 is 0 Å². The Balaban J connectivity index is 1.73. The molecule has 1 saturated carbocycles. The molecule has 1 amide bonds. The molecule has 6 nitrogen and oxygen atoms in total. The van der Waals surface area contributed by atoms with E-state index in [4.69, 9.17) is 9.47 Å². The number of carbonyl (C=O) groups excluding carboxylic acids is 3. The van der Waals surface area contributed by atoms with Crippen LogP contribution in [0.15, 0.2) is 12.1 Å². The standard InChI is InChI=1S/C20H21NO5/c1-10(22)21-8-7-20-13-4-5-15(24)19(20)26-18-16(25-11(2)23)6-3-12(17(18)20)9-14(13)21/h3,6,13-14,19H,4-5,7-9H2,1-2H3/t13-,14+,19-,20-/m0/s1. The number of Topliss-reactive ketones (excluding diaryl/α,β-unsaturated/α-hetero) is 1. The summed E-state index contributed by atoms with van der Waals surface area (Å²) in [7, 11) is 0. The molecule has 0 aromatic heterocycles. The number of rotatable bonds is 1. The van der Waals surface area contributed by atoms with E-state index in [1.54, 1.807) is 13.0 Å². The predicted molar refractivity (Wildman–Crippen MR) is 91.1 cm³/mol. The quantitative estimate of drug-likeness (QED) is 0.567. The lowest BCUT2D eigenvalue weighted by Gasteiger charge is -2.57. The van der Waals surface area contributed by atoms with Crippen LogP contribution in [0.5, 0.6) is 11.5 Å². The Labute approximate surface area is 151 Å². The van der Waals surface area contributed by atoms with Crippen molar-refractivity contribution in [2.45, 2.75) is 57.1 Å². The monoisotopic (exact) mass is 355 g/mol. The summed E-state index contributed by atoms with van der Waals surface area (Å²) in [5.74, 6) is 0.993. The van der Waals surface area contributed by atoms with Crippen LogP contribution < -0.4 is 9.47 Å². The highest BCUT2D eigenvalue weighted by molar-refractivity contribution is 5.89. The van der Waals surface area contributed by atoms with Gasteiger partial charge < -0.3 is 14.4 Å². The first-order chi connectivity index (χ1) is 12.4. The summed E-state index contributed by atoms with van der Waals surface area (Å²) in [5, 5.41) is 0. The zero-order valence-corrected chi connectivity index (χ0v) is 14.9. The molecule has 1 saturated heterocycles. The van der Waals surface area contributed by atoms with Crippen LogP contribution in [0.4, 0.5) is 0 Å². The first-order valence-electron chi connectivity index (χ1n) is 9.25. The maximum atomic E-state index is 12.8. The minimum atomic E-state index is -0.524. The number of hydrogen-bond acceptors (Lipinski definition) is 5. The zero-order chi connectivity index (χ0) is 18.2. The van der Waals surface area contributed by atoms with Crippen molar-refractivity contribution in [2.75, 3.05) is 6.54 Å². The summed E-state index contributed by atoms with van der Waals surface area (Å²) in [5.41, 5.74) is 1.78. The van der Waals surface area contributed by atoms with Crippen molar-refractivity contribution in [3.63, 3.8) is 0 Å². The number of esters is 1. The number of carbonyl (C=O) groups is 3. The summed E-state index contributed by atoms with van der Waals surface area (Å²) in [6.07, 6.45) is 2.21. The van der Waals surface area contributed by atoms with Gasteiger partial charge in [0.1, 0.15) is 0 Å². The van der Waals surface area contributed by atoms with Crippen LogP contribution in [-0.4, -0.2) is 41.3 Å². The van der Waals surface area contributed by atoms with E-state index in [1.165, 1.54) is 6.92 Å². The second-order valence-corrected chi connectivity index (χ2v) is 7.90. The van der Waals surface area contributed by atoms with Crippen LogP contribution in [0.2, 0.25) is 0 Å². The molecule has 136 valence electrons. The Morgan fingerprint density at radius 1 is 1.31 bits per heavy atom. The Morgan fingerprint density at radius 2 is 2.12 bits per heavy atom. The molecule has 5 rings (SSSR count). The fourth-order valence-electron chi connectivity index (χ4n) is 5.94. The summed E-state index contributed by atoms with van der Waals surface area (Å²) in [6, 6.07) is 3.83. The summed E-state index contributed by atoms with van der Waals surface area (Å²) < 4.78 is 11.6. The minimum Gasteiger partial charge on any atom is -0.477 e. The van der Waals surface area contributed by atoms with Crippen LogP contribution in [0, 0.1) is 5.92 Å². The smallest absolute Gasteiger partial charge is 0.308 e. The average Bonchev–Trinajstić information content (AvgIpc) is 2.92. The van der Waals surface area contributed by atoms with Crippen molar-refractivity contribution in [1.82, 2.24) is 4.90 Å². The Bertz CT molecular complexity index is 862. The van der Waals surface area contributed by atoms with Gasteiger partial charge in [0.2, 0.25) is 5.91 Å². The van der Waals surface area contributed by atoms with Crippen molar-refractivity contribution in [1.29, 1.82) is 0 Å². The Hall–Kier alpha value is -2.37. The molecule has 2 bridgehead atoms. The van der Waals surface area contributed by atoms with E-state index < -0.39 is 12.1 Å². The molecule has 0 N–H and O–H groups in total. The maximum Gasteiger partial charge on any atom is 0.308 e. The fourth-order valence-corrected chi connectivity index (χ4v) is 5.94. The van der Waals surface area contributed by atoms with Crippen molar-refractivity contribution >= 4 is 17.7 Å². The number of piperidine rings is 1. The molecule has 4 aliphatic rings. The van der Waals surface area contributed by atoms with Crippen molar-refractivity contribution < 1.29 is 23.9 Å². The van der Waals surface area contributed by atoms with Gasteiger partial charge in [-0.05, 0) is 36.8 Å². The lowest BCUT2D eigenvalue weighted by molar-refractivity contribution is -0.146. The molecule has 4 atom stereocenters. The van der Waals surface area contributed by atoms with Crippen LogP contribution in [0.3, 0.4) is 0 Å². The van der Waals surface area contributed by atoms with Gasteiger partial charge in [-0.1, -0.05) is 6.07 Å². The van der Waals surface area contributed by atoms with E-state index in [0.29, 0.717) is 30.9 Å². The number of nitrogens with zero attached hydrogens (tertiary/aromatic N) is 1. The summed E-state index contributed by atoms with van der Waals surface area (Å²) in [6.45, 7) is 3.63. The normalized spacial score (nSPS) is 33.4. The summed E-state index contributed by atoms with van der Waals surface area (Å²) >= 11 is 0. The third-order valence-corrected chi connectivity index (χ3v) is 6.75. The molecular formula is C20H21NO5. The van der Waals surface area contributed by atoms with Crippen molar-refractivity contribution in [2.24, 2.45) is 5.92 Å². The van der Waals surface area contributed by atoms with Gasteiger partial charge in [-0.15, -0.1) is 0 Å². The predicted octanol–water partition coefficient (Wildman–Crippen LogP) is 1.77. The number of hydrogen-bond donors (Lipinski definition) is 0. The number of ether oxygens (including phenoxy) is 2. The highest BCUT2D eigenvalue weighted by Crippen LogP contribution is 2.63. The Kier molecular flexibility index (Phi) is 3.10. The van der Waals surface area contributed by atoms with Gasteiger partial charge in [0.05, 0.1) is 5.41 Å². The highest BCUT2D eigenvalue weighted by Gasteiger charge is 2.66. The molecule has 2 fully saturated rings. The highest BCUT2D eigenvalue weighted by atomic mass is 16.6. The third-order valence-electron chi connectivity index (χ3n) is 6.75. The molecule has 26 heavy (non-hydrogen) atoms. The zero-order valence-electron chi connectivity index (χ0n) is 14.9. The fraction of sp³-hybridized carbons (Fsp3) is 0.550. The third kappa shape index (κ3) is 1.79. The van der Waals surface area contributed by atoms with Gasteiger partial charge in [0.15, 0.2) is 23.4 Å². The van der Waals surface area contributed by atoms with Crippen molar-refractivity contribution in [3.8, 4) is 11.5 Å². The molecule has 1 aromatic carbocycles. The van der Waals surface area contributed by atoms with Crippen LogP contribution in [-0.2, 0) is 26.2 Å². The number of ketones is 1. The van der Waals surface area contributed by atoms with Crippen molar-refractivity contribution in [3.05, 3.63) is 23.3 Å². The minimum absolute atomic E-state index is 0.0948. The molecular weight excluding hydrogens is 334 g/mol. The largest absolute Gasteiger partial charge is 0.477 e. The van der Waals surface area contributed by atoms with E-state index in [0.717, 1.165) is 24.0 Å². The first kappa shape index (κ1) is 15.9. The van der Waals surface area contributed by atoms with Gasteiger partial charge in [-0.25, -0.2) is 0 Å². The lowest BCUT2D eigenvalue weighted by Crippen LogP contribution is -2.66. The molecule has 6 heteroatoms. The van der Waals surface area contributed by atoms with E-state index in [1.807, 2.05) is 11.0 Å².